The fourth-order valence-corrected chi connectivity index (χ4v) is 2.95. The van der Waals surface area contributed by atoms with Crippen molar-refractivity contribution in [3.05, 3.63) is 52.2 Å². The number of hydrogen-bond acceptors (Lipinski definition) is 4. The highest BCUT2D eigenvalue weighted by atomic mass is 32.2. The van der Waals surface area contributed by atoms with Gasteiger partial charge < -0.3 is 10.1 Å². The average Bonchev–Trinajstić information content (AvgIpc) is 3.00. The van der Waals surface area contributed by atoms with Crippen molar-refractivity contribution in [2.45, 2.75) is 13.5 Å². The van der Waals surface area contributed by atoms with E-state index in [2.05, 4.69) is 12.2 Å². The van der Waals surface area contributed by atoms with E-state index in [-0.39, 0.29) is 5.91 Å². The summed E-state index contributed by atoms with van der Waals surface area (Å²) in [5.74, 6) is 2.23. The minimum absolute atomic E-state index is 0.0729. The van der Waals surface area contributed by atoms with Crippen LogP contribution in [0.25, 0.3) is 0 Å². The molecule has 0 atom stereocenters. The van der Waals surface area contributed by atoms with Gasteiger partial charge >= 0.3 is 0 Å². The molecule has 2 rings (SSSR count). The standard InChI is InChI=1S/C16H19NO2S2/c1-13-4-6-14(7-5-13)19-8-10-20-12-16(18)17-11-15-3-2-9-21-15/h2-7,9H,8,10-12H2,1H3,(H,17,18). The van der Waals surface area contributed by atoms with Crippen LogP contribution in [0.5, 0.6) is 5.75 Å². The molecule has 0 aliphatic heterocycles. The first kappa shape index (κ1) is 15.9. The first-order valence-corrected chi connectivity index (χ1v) is 8.84. The molecule has 0 spiro atoms. The molecular weight excluding hydrogens is 302 g/mol. The van der Waals surface area contributed by atoms with E-state index in [0.29, 0.717) is 18.9 Å². The second kappa shape index (κ2) is 8.74. The molecule has 3 nitrogen and oxygen atoms in total. The van der Waals surface area contributed by atoms with Crippen LogP contribution in [0.15, 0.2) is 41.8 Å². The maximum Gasteiger partial charge on any atom is 0.230 e. The third-order valence-corrected chi connectivity index (χ3v) is 4.59. The number of ether oxygens (including phenoxy) is 1. The molecule has 0 radical (unpaired) electrons. The number of carbonyl (C=O) groups is 1. The van der Waals surface area contributed by atoms with Crippen LogP contribution >= 0.6 is 23.1 Å². The highest BCUT2D eigenvalue weighted by Crippen LogP contribution is 2.12. The lowest BCUT2D eigenvalue weighted by molar-refractivity contribution is -0.118. The van der Waals surface area contributed by atoms with E-state index in [1.807, 2.05) is 41.8 Å². The van der Waals surface area contributed by atoms with Crippen molar-refractivity contribution in [3.63, 3.8) is 0 Å². The number of aryl methyl sites for hydroxylation is 1. The summed E-state index contributed by atoms with van der Waals surface area (Å²) in [6.45, 7) is 3.29. The predicted octanol–water partition coefficient (Wildman–Crippen LogP) is 3.48. The van der Waals surface area contributed by atoms with E-state index < -0.39 is 0 Å². The number of nitrogens with one attached hydrogen (secondary N) is 1. The fraction of sp³-hybridized carbons (Fsp3) is 0.312. The summed E-state index contributed by atoms with van der Waals surface area (Å²) in [4.78, 5) is 12.8. The number of rotatable bonds is 8. The van der Waals surface area contributed by atoms with Crippen molar-refractivity contribution in [2.75, 3.05) is 18.1 Å². The van der Waals surface area contributed by atoms with E-state index >= 15 is 0 Å². The smallest absolute Gasteiger partial charge is 0.230 e. The Hall–Kier alpha value is -1.46. The molecule has 5 heteroatoms. The molecule has 1 N–H and O–H groups in total. The molecule has 0 aliphatic carbocycles. The molecule has 2 aromatic rings. The first-order valence-electron chi connectivity index (χ1n) is 6.80. The van der Waals surface area contributed by atoms with Crippen molar-refractivity contribution < 1.29 is 9.53 Å². The highest BCUT2D eigenvalue weighted by Gasteiger charge is 2.02. The largest absolute Gasteiger partial charge is 0.493 e. The second-order valence-corrected chi connectivity index (χ2v) is 6.71. The zero-order chi connectivity index (χ0) is 14.9. The number of thioether (sulfide) groups is 1. The summed E-state index contributed by atoms with van der Waals surface area (Å²) in [5.41, 5.74) is 1.22. The number of hydrogen-bond donors (Lipinski definition) is 1. The molecule has 0 saturated carbocycles. The lowest BCUT2D eigenvalue weighted by Crippen LogP contribution is -2.24. The summed E-state index contributed by atoms with van der Waals surface area (Å²) >= 11 is 3.24. The van der Waals surface area contributed by atoms with E-state index in [1.54, 1.807) is 23.1 Å². The molecular formula is C16H19NO2S2. The summed E-state index contributed by atoms with van der Waals surface area (Å²) in [6, 6.07) is 12.0. The second-order valence-electron chi connectivity index (χ2n) is 4.57. The molecule has 1 heterocycles. The molecule has 1 aromatic heterocycles. The molecule has 0 unspecified atom stereocenters. The van der Waals surface area contributed by atoms with Crippen molar-refractivity contribution in [2.24, 2.45) is 0 Å². The molecule has 21 heavy (non-hydrogen) atoms. The fourth-order valence-electron chi connectivity index (χ4n) is 1.67. The van der Waals surface area contributed by atoms with Gasteiger partial charge in [0.05, 0.1) is 18.9 Å². The molecule has 0 fully saturated rings. The van der Waals surface area contributed by atoms with Gasteiger partial charge in [0.25, 0.3) is 0 Å². The summed E-state index contributed by atoms with van der Waals surface area (Å²) in [7, 11) is 0. The minimum atomic E-state index is 0.0729. The zero-order valence-corrected chi connectivity index (χ0v) is 13.6. The van der Waals surface area contributed by atoms with Gasteiger partial charge in [-0.05, 0) is 30.5 Å². The number of benzene rings is 1. The number of thiophene rings is 1. The Balaban J connectivity index is 1.53. The third-order valence-electron chi connectivity index (χ3n) is 2.79. The molecule has 0 bridgehead atoms. The Bertz CT molecular complexity index is 538. The van der Waals surface area contributed by atoms with Gasteiger partial charge in [-0.3, -0.25) is 4.79 Å². The van der Waals surface area contributed by atoms with Gasteiger partial charge in [0.15, 0.2) is 0 Å². The van der Waals surface area contributed by atoms with Crippen LogP contribution in [0.4, 0.5) is 0 Å². The molecule has 0 saturated heterocycles. The SMILES string of the molecule is Cc1ccc(OCCSCC(=O)NCc2cccs2)cc1. The van der Waals surface area contributed by atoms with Crippen molar-refractivity contribution in [3.8, 4) is 5.75 Å². The van der Waals surface area contributed by atoms with Gasteiger partial charge in [-0.15, -0.1) is 23.1 Å². The van der Waals surface area contributed by atoms with E-state index in [1.165, 1.54) is 10.4 Å². The van der Waals surface area contributed by atoms with Crippen LogP contribution in [-0.4, -0.2) is 24.0 Å². The van der Waals surface area contributed by atoms with Crippen LogP contribution in [0.2, 0.25) is 0 Å². The zero-order valence-electron chi connectivity index (χ0n) is 12.0. The van der Waals surface area contributed by atoms with Crippen molar-refractivity contribution in [1.29, 1.82) is 0 Å². The predicted molar refractivity (Wildman–Crippen MR) is 90.2 cm³/mol. The molecule has 112 valence electrons. The van der Waals surface area contributed by atoms with Gasteiger partial charge in [-0.1, -0.05) is 23.8 Å². The van der Waals surface area contributed by atoms with Crippen molar-refractivity contribution >= 4 is 29.0 Å². The summed E-state index contributed by atoms with van der Waals surface area (Å²) in [6.07, 6.45) is 0. The molecule has 0 aliphatic rings. The van der Waals surface area contributed by atoms with Crippen LogP contribution in [0, 0.1) is 6.92 Å². The maximum atomic E-state index is 11.6. The van der Waals surface area contributed by atoms with Gasteiger partial charge in [0, 0.05) is 10.6 Å². The van der Waals surface area contributed by atoms with Gasteiger partial charge in [-0.2, -0.15) is 0 Å². The van der Waals surface area contributed by atoms with Gasteiger partial charge in [0.1, 0.15) is 5.75 Å². The Labute approximate surface area is 133 Å². The van der Waals surface area contributed by atoms with E-state index in [4.69, 9.17) is 4.74 Å². The Morgan fingerprint density at radius 2 is 2.10 bits per heavy atom. The topological polar surface area (TPSA) is 38.3 Å². The Kier molecular flexibility index (Phi) is 6.63. The first-order chi connectivity index (χ1) is 10.2. The lowest BCUT2D eigenvalue weighted by Gasteiger charge is -2.06. The quantitative estimate of drug-likeness (QED) is 0.757. The highest BCUT2D eigenvalue weighted by molar-refractivity contribution is 7.99. The molecule has 1 amide bonds. The number of amides is 1. The van der Waals surface area contributed by atoms with Crippen LogP contribution in [-0.2, 0) is 11.3 Å². The molecule has 1 aromatic carbocycles. The van der Waals surface area contributed by atoms with E-state index in [9.17, 15) is 4.79 Å². The van der Waals surface area contributed by atoms with Crippen LogP contribution in [0.3, 0.4) is 0 Å². The number of carbonyl (C=O) groups excluding carboxylic acids is 1. The van der Waals surface area contributed by atoms with Crippen LogP contribution < -0.4 is 10.1 Å². The lowest BCUT2D eigenvalue weighted by atomic mass is 10.2. The Morgan fingerprint density at radius 1 is 1.29 bits per heavy atom. The average molecular weight is 321 g/mol. The van der Waals surface area contributed by atoms with Crippen molar-refractivity contribution in [1.82, 2.24) is 5.32 Å². The van der Waals surface area contributed by atoms with Gasteiger partial charge in [-0.25, -0.2) is 0 Å². The normalized spacial score (nSPS) is 10.3. The maximum absolute atomic E-state index is 11.6. The summed E-state index contributed by atoms with van der Waals surface area (Å²) in [5, 5.41) is 4.92. The monoisotopic (exact) mass is 321 g/mol. The Morgan fingerprint density at radius 3 is 2.81 bits per heavy atom. The van der Waals surface area contributed by atoms with Crippen LogP contribution in [0.1, 0.15) is 10.4 Å². The van der Waals surface area contributed by atoms with Gasteiger partial charge in [0.2, 0.25) is 5.91 Å². The minimum Gasteiger partial charge on any atom is -0.493 e. The summed E-state index contributed by atoms with van der Waals surface area (Å²) < 4.78 is 5.61. The third kappa shape index (κ3) is 6.23. The van der Waals surface area contributed by atoms with E-state index in [0.717, 1.165) is 11.5 Å².